The van der Waals surface area contributed by atoms with Gasteiger partial charge in [-0.15, -0.1) is 0 Å². The van der Waals surface area contributed by atoms with Gasteiger partial charge in [0, 0.05) is 20.0 Å². The van der Waals surface area contributed by atoms with Gasteiger partial charge in [0.25, 0.3) is 16.0 Å². The molecule has 70 heavy (non-hydrogen) atoms. The SMILES string of the molecule is CC[C@H](C)[C@@H]1NC(=O)[C@H](Cc2ccc(O)c(Cl)c2)N(C)C(=O)[C@H]([C@@H](C)CC)N2C(=O)[C@H](CC[C@H]2O)NC(=O)[C@H](CCCN=C(N)N)NC(=O)[C@@H](NC(=O)[C@@H](COS(C)(=O)=O)OS(=O)(=O)O)[C@@H](C)OC1=O. The Hall–Kier alpha value is -5.39. The number of phenols is 1. The van der Waals surface area contributed by atoms with Crippen molar-refractivity contribution < 1.29 is 78.3 Å². The number of carbonyl (C=O) groups is 7. The molecule has 26 nitrogen and oxygen atoms in total. The largest absolute Gasteiger partial charge is 0.506 e. The molecule has 11 N–H and O–H groups in total. The molecule has 2 bridgehead atoms. The number of likely N-dealkylation sites (N-methyl/N-ethyl adjacent to an activating group) is 1. The summed E-state index contributed by atoms with van der Waals surface area (Å²) in [5.74, 6) is -9.79. The van der Waals surface area contributed by atoms with Gasteiger partial charge < -0.3 is 57.5 Å². The molecule has 1 aromatic rings. The van der Waals surface area contributed by atoms with Crippen LogP contribution in [0.5, 0.6) is 5.75 Å². The van der Waals surface area contributed by atoms with Crippen molar-refractivity contribution in [1.29, 1.82) is 0 Å². The average molecular weight is 1050 g/mol. The third-order valence-corrected chi connectivity index (χ3v) is 13.2. The van der Waals surface area contributed by atoms with E-state index in [4.69, 9.17) is 27.8 Å². The Balaban J connectivity index is 2.31. The van der Waals surface area contributed by atoms with Crippen LogP contribution in [-0.2, 0) is 73.6 Å². The van der Waals surface area contributed by atoms with E-state index >= 15 is 0 Å². The highest BCUT2D eigenvalue weighted by Crippen LogP contribution is 2.29. The summed E-state index contributed by atoms with van der Waals surface area (Å²) in [6.45, 7) is 6.26. The lowest BCUT2D eigenvalue weighted by Gasteiger charge is -2.44. The minimum absolute atomic E-state index is 0.000879. The Kier molecular flexibility index (Phi) is 21.6. The molecule has 0 saturated carbocycles. The van der Waals surface area contributed by atoms with Crippen LogP contribution in [0.3, 0.4) is 0 Å². The van der Waals surface area contributed by atoms with Gasteiger partial charge in [-0.25, -0.2) is 8.98 Å². The van der Waals surface area contributed by atoms with Crippen LogP contribution in [0.15, 0.2) is 23.2 Å². The molecule has 2 heterocycles. The van der Waals surface area contributed by atoms with Gasteiger partial charge in [0.2, 0.25) is 29.5 Å². The lowest BCUT2D eigenvalue weighted by molar-refractivity contribution is -0.168. The van der Waals surface area contributed by atoms with Crippen molar-refractivity contribution in [3.8, 4) is 5.75 Å². The van der Waals surface area contributed by atoms with E-state index in [2.05, 4.69) is 34.6 Å². The summed E-state index contributed by atoms with van der Waals surface area (Å²) in [4.78, 5) is 107. The number of rotatable bonds is 17. The van der Waals surface area contributed by atoms with Crippen LogP contribution in [-0.4, -0.2) is 170 Å². The second kappa shape index (κ2) is 25.6. The van der Waals surface area contributed by atoms with Gasteiger partial charge in [-0.2, -0.15) is 16.8 Å². The number of aliphatic hydroxyl groups excluding tert-OH is 1. The first kappa shape index (κ1) is 58.9. The summed E-state index contributed by atoms with van der Waals surface area (Å²) in [5.41, 5.74) is 11.3. The van der Waals surface area contributed by atoms with Gasteiger partial charge in [0.05, 0.1) is 11.3 Å². The molecule has 1 aromatic carbocycles. The van der Waals surface area contributed by atoms with E-state index in [1.54, 1.807) is 27.7 Å². The Bertz CT molecular complexity index is 2340. The highest BCUT2D eigenvalue weighted by Gasteiger charge is 2.47. The van der Waals surface area contributed by atoms with Crippen molar-refractivity contribution >= 4 is 79.5 Å². The number of carbonyl (C=O) groups excluding carboxylic acids is 7. The van der Waals surface area contributed by atoms with Gasteiger partial charge in [0.15, 0.2) is 12.1 Å². The number of piperidine rings is 1. The summed E-state index contributed by atoms with van der Waals surface area (Å²) in [6, 6.07) is -5.62. The summed E-state index contributed by atoms with van der Waals surface area (Å²) >= 11 is 6.22. The predicted octanol–water partition coefficient (Wildman–Crippen LogP) is -2.08. The number of nitrogens with two attached hydrogens (primary N) is 2. The number of benzene rings is 1. The number of hydrogen-bond acceptors (Lipinski definition) is 17. The summed E-state index contributed by atoms with van der Waals surface area (Å²) in [7, 11) is -8.63. The minimum atomic E-state index is -5.52. The lowest BCUT2D eigenvalue weighted by Crippen LogP contribution is -2.66. The van der Waals surface area contributed by atoms with Crippen molar-refractivity contribution in [1.82, 2.24) is 31.1 Å². The van der Waals surface area contributed by atoms with E-state index in [1.165, 1.54) is 25.2 Å². The monoisotopic (exact) mass is 1050 g/mol. The van der Waals surface area contributed by atoms with Crippen molar-refractivity contribution in [2.45, 2.75) is 134 Å². The Morgan fingerprint density at radius 2 is 1.63 bits per heavy atom. The molecule has 3 rings (SSSR count). The van der Waals surface area contributed by atoms with Crippen LogP contribution < -0.4 is 32.7 Å². The topological polar surface area (TPSA) is 395 Å². The third kappa shape index (κ3) is 16.9. The van der Waals surface area contributed by atoms with Crippen LogP contribution in [0.25, 0.3) is 0 Å². The van der Waals surface area contributed by atoms with E-state index in [9.17, 15) is 65.2 Å². The third-order valence-electron chi connectivity index (χ3n) is 11.9. The zero-order chi connectivity index (χ0) is 53.0. The number of phenolic OH excluding ortho intramolecular Hbond substituents is 1. The maximum Gasteiger partial charge on any atom is 0.398 e. The molecule has 6 amide bonds. The lowest BCUT2D eigenvalue weighted by atomic mass is 9.91. The van der Waals surface area contributed by atoms with Crippen LogP contribution in [0.1, 0.15) is 78.7 Å². The Morgan fingerprint density at radius 1 is 0.986 bits per heavy atom. The molecule has 0 aromatic heterocycles. The number of nitrogens with one attached hydrogen (secondary N) is 4. The normalized spacial score (nSPS) is 26.0. The molecule has 2 saturated heterocycles. The molecular weight excluding hydrogens is 990 g/mol. The predicted molar refractivity (Wildman–Crippen MR) is 249 cm³/mol. The van der Waals surface area contributed by atoms with Crippen LogP contribution in [0, 0.1) is 11.8 Å². The first-order valence-corrected chi connectivity index (χ1v) is 25.8. The van der Waals surface area contributed by atoms with E-state index in [0.29, 0.717) is 11.8 Å². The Labute approximate surface area is 411 Å². The fourth-order valence-electron chi connectivity index (χ4n) is 7.56. The van der Waals surface area contributed by atoms with Gasteiger partial charge in [-0.05, 0) is 62.1 Å². The van der Waals surface area contributed by atoms with Gasteiger partial charge in [-0.1, -0.05) is 58.2 Å². The number of aromatic hydroxyl groups is 1. The number of aliphatic imine (C=N–C) groups is 1. The molecular formula is C41H64ClN9O17S2. The summed E-state index contributed by atoms with van der Waals surface area (Å²) < 4.78 is 71.2. The van der Waals surface area contributed by atoms with Crippen molar-refractivity contribution in [3.05, 3.63) is 28.8 Å². The second-order valence-electron chi connectivity index (χ2n) is 17.2. The number of aliphatic hydroxyl groups is 1. The molecule has 0 radical (unpaired) electrons. The molecule has 2 aliphatic rings. The maximum atomic E-state index is 14.9. The number of cyclic esters (lactones) is 1. The maximum absolute atomic E-state index is 14.9. The van der Waals surface area contributed by atoms with Crippen molar-refractivity contribution in [2.24, 2.45) is 28.3 Å². The van der Waals surface area contributed by atoms with E-state index in [-0.39, 0.29) is 68.2 Å². The molecule has 29 heteroatoms. The summed E-state index contributed by atoms with van der Waals surface area (Å²) in [6.07, 6.45) is -5.70. The number of nitrogens with zero attached hydrogens (tertiary/aromatic N) is 3. The molecule has 394 valence electrons. The first-order chi connectivity index (χ1) is 32.5. The van der Waals surface area contributed by atoms with Gasteiger partial charge in [-0.3, -0.25) is 42.5 Å². The molecule has 0 unspecified atom stereocenters. The molecule has 2 aliphatic heterocycles. The van der Waals surface area contributed by atoms with Crippen LogP contribution in [0.2, 0.25) is 5.02 Å². The molecule has 0 aliphatic carbocycles. The number of amides is 6. The molecule has 2 fully saturated rings. The average Bonchev–Trinajstić information content (AvgIpc) is 3.27. The summed E-state index contributed by atoms with van der Waals surface area (Å²) in [5, 5.41) is 31.2. The van der Waals surface area contributed by atoms with E-state index < -0.39 is 135 Å². The number of esters is 1. The Morgan fingerprint density at radius 3 is 2.20 bits per heavy atom. The van der Waals surface area contributed by atoms with E-state index in [1.807, 2.05) is 0 Å². The van der Waals surface area contributed by atoms with Crippen LogP contribution >= 0.6 is 11.6 Å². The van der Waals surface area contributed by atoms with Crippen molar-refractivity contribution in [2.75, 3.05) is 26.5 Å². The zero-order valence-electron chi connectivity index (χ0n) is 39.7. The number of guanidine groups is 1. The second-order valence-corrected chi connectivity index (χ2v) is 20.3. The number of halogens is 1. The molecule has 0 spiro atoms. The first-order valence-electron chi connectivity index (χ1n) is 22.2. The van der Waals surface area contributed by atoms with Gasteiger partial charge >= 0.3 is 16.4 Å². The zero-order valence-corrected chi connectivity index (χ0v) is 42.1. The fourth-order valence-corrected chi connectivity index (χ4v) is 8.57. The number of ether oxygens (including phenoxy) is 1. The number of hydrogen-bond donors (Lipinski definition) is 9. The quantitative estimate of drug-likeness (QED) is 0.0202. The smallest absolute Gasteiger partial charge is 0.398 e. The van der Waals surface area contributed by atoms with E-state index in [0.717, 1.165) is 16.7 Å². The van der Waals surface area contributed by atoms with Crippen LogP contribution in [0.4, 0.5) is 0 Å². The van der Waals surface area contributed by atoms with Gasteiger partial charge in [0.1, 0.15) is 60.9 Å². The van der Waals surface area contributed by atoms with Crippen molar-refractivity contribution in [3.63, 3.8) is 0 Å². The highest BCUT2D eigenvalue weighted by molar-refractivity contribution is 7.86. The standard InChI is InChI=1S/C41H64ClN9O17S2/c1-8-20(3)31-40(60)67-22(5)32(49-36(56)29(68-70(63,64)65)19-66-69(7,61)62)37(57)46-25(11-10-16-45-41(43)44)34(54)47-26-13-15-30(53)51(38(26)58)33(21(4)9-2)39(59)50(6)27(35(55)48-31)18-23-12-14-28(52)24(42)17-23/h12,14,17,20-22,25-27,29-33,52-53H,8-11,13,15-16,18-19H2,1-7H3,(H,46,57)(H,47,54)(H,48,55)(H,49,56)(H4,43,44,45)(H,63,64,65)/t20-,21-,22+,25-,26-,27-,29+,30+,31-,32-,33-/m0/s1. The molecule has 11 atom stereocenters. The minimum Gasteiger partial charge on any atom is -0.506 e. The fraction of sp³-hybridized carbons (Fsp3) is 0.659. The number of fused-ring (bicyclic) bond motifs is 2. The highest BCUT2D eigenvalue weighted by atomic mass is 35.5.